The summed E-state index contributed by atoms with van der Waals surface area (Å²) in [6.45, 7) is 9.89. The lowest BCUT2D eigenvalue weighted by atomic mass is 10.1. The quantitative estimate of drug-likeness (QED) is 0.631. The molecular weight excluding hydrogens is 176 g/mol. The first kappa shape index (κ1) is 8.52. The summed E-state index contributed by atoms with van der Waals surface area (Å²) in [4.78, 5) is 1.22. The molecule has 0 N–H and O–H groups in total. The summed E-state index contributed by atoms with van der Waals surface area (Å²) in [5, 5.41) is 1.33. The molecule has 1 heterocycles. The van der Waals surface area contributed by atoms with Crippen LogP contribution in [-0.2, 0) is 0 Å². The van der Waals surface area contributed by atoms with Gasteiger partial charge < -0.3 is 0 Å². The number of aryl methyl sites for hydroxylation is 1. The Hall–Kier alpha value is -1.08. The number of thiophene rings is 1. The van der Waals surface area contributed by atoms with Gasteiger partial charge in [-0.05, 0) is 36.4 Å². The van der Waals surface area contributed by atoms with Crippen molar-refractivity contribution >= 4 is 27.0 Å². The lowest BCUT2D eigenvalue weighted by Gasteiger charge is -1.94. The van der Waals surface area contributed by atoms with E-state index in [-0.39, 0.29) is 0 Å². The molecule has 0 saturated heterocycles. The first-order valence-corrected chi connectivity index (χ1v) is 5.01. The average Bonchev–Trinajstić information content (AvgIpc) is 2.45. The van der Waals surface area contributed by atoms with Gasteiger partial charge in [-0.3, -0.25) is 0 Å². The molecule has 65 valence electrons. The van der Waals surface area contributed by atoms with E-state index in [2.05, 4.69) is 44.7 Å². The standard InChI is InChI=1S/C12H11S/c1-8(2)12-9(3)10-6-4-5-7-11(10)13-12/h4-7H,1-2H2,3H3. The zero-order valence-corrected chi connectivity index (χ0v) is 8.45. The van der Waals surface area contributed by atoms with Crippen LogP contribution in [0.4, 0.5) is 0 Å². The number of allylic oxidation sites excluding steroid dienone is 1. The molecule has 0 nitrogen and oxygen atoms in total. The van der Waals surface area contributed by atoms with E-state index >= 15 is 0 Å². The Kier molecular flexibility index (Phi) is 1.97. The summed E-state index contributed by atoms with van der Waals surface area (Å²) < 4.78 is 1.32. The molecule has 2 aromatic rings. The smallest absolute Gasteiger partial charge is 0.0352 e. The zero-order chi connectivity index (χ0) is 9.42. The second-order valence-electron chi connectivity index (χ2n) is 3.16. The number of rotatable bonds is 1. The van der Waals surface area contributed by atoms with Gasteiger partial charge in [0, 0.05) is 9.58 Å². The van der Waals surface area contributed by atoms with Crippen LogP contribution in [0.3, 0.4) is 0 Å². The van der Waals surface area contributed by atoms with E-state index in [9.17, 15) is 0 Å². The fourth-order valence-corrected chi connectivity index (χ4v) is 2.62. The minimum atomic E-state index is 0.915. The molecular formula is C12H11S. The molecule has 0 aliphatic carbocycles. The molecule has 0 amide bonds. The highest BCUT2D eigenvalue weighted by Gasteiger charge is 2.07. The van der Waals surface area contributed by atoms with Gasteiger partial charge in [0.2, 0.25) is 0 Å². The Morgan fingerprint density at radius 2 is 2.00 bits per heavy atom. The van der Waals surface area contributed by atoms with Crippen LogP contribution < -0.4 is 0 Å². The van der Waals surface area contributed by atoms with Gasteiger partial charge in [0.05, 0.1) is 0 Å². The summed E-state index contributed by atoms with van der Waals surface area (Å²) in [7, 11) is 0. The maximum Gasteiger partial charge on any atom is 0.0352 e. The SMILES string of the molecule is [CH2]C(=C)c1sc2ccccc2c1C. The van der Waals surface area contributed by atoms with E-state index in [0.29, 0.717) is 0 Å². The molecule has 1 aromatic heterocycles. The van der Waals surface area contributed by atoms with Crippen molar-refractivity contribution in [3.05, 3.63) is 48.2 Å². The second kappa shape index (κ2) is 3.00. The number of benzene rings is 1. The van der Waals surface area contributed by atoms with Gasteiger partial charge in [-0.1, -0.05) is 24.8 Å². The Morgan fingerprint density at radius 1 is 1.31 bits per heavy atom. The van der Waals surface area contributed by atoms with Gasteiger partial charge in [0.15, 0.2) is 0 Å². The molecule has 0 fully saturated rings. The van der Waals surface area contributed by atoms with Crippen molar-refractivity contribution in [1.82, 2.24) is 0 Å². The molecule has 2 rings (SSSR count). The first-order chi connectivity index (χ1) is 6.20. The van der Waals surface area contributed by atoms with Crippen molar-refractivity contribution < 1.29 is 0 Å². The van der Waals surface area contributed by atoms with Crippen molar-refractivity contribution in [2.24, 2.45) is 0 Å². The Balaban J connectivity index is 2.81. The molecule has 1 heteroatoms. The van der Waals surface area contributed by atoms with Crippen LogP contribution in [0.2, 0.25) is 0 Å². The predicted octanol–water partition coefficient (Wildman–Crippen LogP) is 4.06. The third-order valence-electron chi connectivity index (χ3n) is 2.16. The number of hydrogen-bond donors (Lipinski definition) is 0. The molecule has 0 bridgehead atoms. The molecule has 0 saturated carbocycles. The van der Waals surface area contributed by atoms with E-state index in [0.717, 1.165) is 5.57 Å². The van der Waals surface area contributed by atoms with Crippen LogP contribution in [0.1, 0.15) is 10.4 Å². The monoisotopic (exact) mass is 187 g/mol. The Morgan fingerprint density at radius 3 is 2.62 bits per heavy atom. The molecule has 0 spiro atoms. The Bertz CT molecular complexity index is 463. The van der Waals surface area contributed by atoms with Crippen LogP contribution in [0.15, 0.2) is 30.8 Å². The fraction of sp³-hybridized carbons (Fsp3) is 0.0833. The van der Waals surface area contributed by atoms with Crippen molar-refractivity contribution in [3.8, 4) is 0 Å². The van der Waals surface area contributed by atoms with Crippen LogP contribution in [0.25, 0.3) is 15.7 Å². The van der Waals surface area contributed by atoms with Gasteiger partial charge in [0.1, 0.15) is 0 Å². The summed E-state index contributed by atoms with van der Waals surface area (Å²) >= 11 is 1.77. The van der Waals surface area contributed by atoms with Crippen molar-refractivity contribution in [1.29, 1.82) is 0 Å². The zero-order valence-electron chi connectivity index (χ0n) is 7.63. The van der Waals surface area contributed by atoms with Crippen LogP contribution in [0.5, 0.6) is 0 Å². The van der Waals surface area contributed by atoms with Crippen LogP contribution in [-0.4, -0.2) is 0 Å². The molecule has 13 heavy (non-hydrogen) atoms. The lowest BCUT2D eigenvalue weighted by Crippen LogP contribution is -1.74. The van der Waals surface area contributed by atoms with E-state index in [1.165, 1.54) is 20.5 Å². The van der Waals surface area contributed by atoms with Gasteiger partial charge >= 0.3 is 0 Å². The molecule has 0 atom stereocenters. The summed E-state index contributed by atoms with van der Waals surface area (Å²) in [5.74, 6) is 0. The van der Waals surface area contributed by atoms with Gasteiger partial charge in [-0.15, -0.1) is 11.3 Å². The highest BCUT2D eigenvalue weighted by molar-refractivity contribution is 7.20. The molecule has 0 aliphatic rings. The lowest BCUT2D eigenvalue weighted by molar-refractivity contribution is 1.56. The van der Waals surface area contributed by atoms with Crippen molar-refractivity contribution in [2.45, 2.75) is 6.92 Å². The summed E-state index contributed by atoms with van der Waals surface area (Å²) in [6, 6.07) is 8.42. The van der Waals surface area contributed by atoms with Crippen molar-refractivity contribution in [3.63, 3.8) is 0 Å². The molecule has 1 aromatic carbocycles. The van der Waals surface area contributed by atoms with Gasteiger partial charge in [-0.25, -0.2) is 0 Å². The van der Waals surface area contributed by atoms with Gasteiger partial charge in [0.25, 0.3) is 0 Å². The van der Waals surface area contributed by atoms with Gasteiger partial charge in [-0.2, -0.15) is 0 Å². The predicted molar refractivity (Wildman–Crippen MR) is 61.0 cm³/mol. The topological polar surface area (TPSA) is 0 Å². The normalized spacial score (nSPS) is 10.6. The van der Waals surface area contributed by atoms with Crippen LogP contribution in [0, 0.1) is 13.8 Å². The summed E-state index contributed by atoms with van der Waals surface area (Å²) in [6.07, 6.45) is 0. The average molecular weight is 187 g/mol. The molecule has 0 aliphatic heterocycles. The van der Waals surface area contributed by atoms with Crippen molar-refractivity contribution in [2.75, 3.05) is 0 Å². The third-order valence-corrected chi connectivity index (χ3v) is 3.54. The van der Waals surface area contributed by atoms with E-state index in [4.69, 9.17) is 0 Å². The second-order valence-corrected chi connectivity index (χ2v) is 4.21. The summed E-state index contributed by atoms with van der Waals surface area (Å²) in [5.41, 5.74) is 2.22. The molecule has 1 radical (unpaired) electrons. The highest BCUT2D eigenvalue weighted by atomic mass is 32.1. The number of fused-ring (bicyclic) bond motifs is 1. The molecule has 0 unspecified atom stereocenters. The Labute approximate surface area is 82.5 Å². The van der Waals surface area contributed by atoms with E-state index < -0.39 is 0 Å². The third kappa shape index (κ3) is 1.29. The van der Waals surface area contributed by atoms with E-state index in [1.54, 1.807) is 11.3 Å². The highest BCUT2D eigenvalue weighted by Crippen LogP contribution is 2.33. The maximum atomic E-state index is 3.88. The van der Waals surface area contributed by atoms with Crippen LogP contribution >= 0.6 is 11.3 Å². The minimum Gasteiger partial charge on any atom is -0.135 e. The minimum absolute atomic E-state index is 0.915. The number of hydrogen-bond acceptors (Lipinski definition) is 1. The largest absolute Gasteiger partial charge is 0.135 e. The first-order valence-electron chi connectivity index (χ1n) is 4.19. The maximum absolute atomic E-state index is 3.88. The van der Waals surface area contributed by atoms with E-state index in [1.807, 2.05) is 0 Å². The fourth-order valence-electron chi connectivity index (χ4n) is 1.51.